The number of amides is 2. The molecule has 1 fully saturated rings. The molecule has 0 atom stereocenters. The summed E-state index contributed by atoms with van der Waals surface area (Å²) < 4.78 is 1.93. The van der Waals surface area contributed by atoms with Crippen molar-refractivity contribution in [2.75, 3.05) is 26.2 Å². The predicted molar refractivity (Wildman–Crippen MR) is 85.7 cm³/mol. The zero-order valence-electron chi connectivity index (χ0n) is 13.1. The molecule has 0 bridgehead atoms. The van der Waals surface area contributed by atoms with Gasteiger partial charge in [0.25, 0.3) is 5.91 Å². The highest BCUT2D eigenvalue weighted by molar-refractivity contribution is 5.99. The van der Waals surface area contributed by atoms with Crippen molar-refractivity contribution in [2.45, 2.75) is 13.3 Å². The van der Waals surface area contributed by atoms with Crippen molar-refractivity contribution in [1.82, 2.24) is 14.4 Å². The summed E-state index contributed by atoms with van der Waals surface area (Å²) in [6.45, 7) is 4.38. The molecule has 0 unspecified atom stereocenters. The smallest absolute Gasteiger partial charge is 0.270 e. The van der Waals surface area contributed by atoms with E-state index in [1.54, 1.807) is 4.90 Å². The first-order valence-corrected chi connectivity index (χ1v) is 7.73. The van der Waals surface area contributed by atoms with Crippen molar-refractivity contribution in [3.8, 4) is 0 Å². The average molecular weight is 299 g/mol. The first kappa shape index (κ1) is 14.6. The van der Waals surface area contributed by atoms with Gasteiger partial charge in [-0.3, -0.25) is 9.59 Å². The summed E-state index contributed by atoms with van der Waals surface area (Å²) in [5, 5.41) is 1.06. The number of carbonyl (C=O) groups excluding carboxylic acids is 2. The van der Waals surface area contributed by atoms with Crippen molar-refractivity contribution in [3.05, 3.63) is 36.0 Å². The van der Waals surface area contributed by atoms with Crippen LogP contribution in [-0.2, 0) is 11.8 Å². The standard InChI is InChI=1S/C17H21N3O2/c1-3-19-10-11-20(9-8-16(19)21)17(22)15-12-13-6-4-5-7-14(13)18(15)2/h4-7,12H,3,8-11H2,1-2H3. The Bertz CT molecular complexity index is 720. The predicted octanol–water partition coefficient (Wildman–Crippen LogP) is 1.87. The van der Waals surface area contributed by atoms with E-state index in [-0.39, 0.29) is 11.8 Å². The summed E-state index contributed by atoms with van der Waals surface area (Å²) in [7, 11) is 1.91. The topological polar surface area (TPSA) is 45.5 Å². The highest BCUT2D eigenvalue weighted by atomic mass is 16.2. The van der Waals surface area contributed by atoms with E-state index in [2.05, 4.69) is 0 Å². The molecular weight excluding hydrogens is 278 g/mol. The van der Waals surface area contributed by atoms with Crippen LogP contribution < -0.4 is 0 Å². The first-order valence-electron chi connectivity index (χ1n) is 7.73. The molecule has 116 valence electrons. The van der Waals surface area contributed by atoms with Crippen molar-refractivity contribution in [2.24, 2.45) is 7.05 Å². The SMILES string of the molecule is CCN1CCN(C(=O)c2cc3ccccc3n2C)CCC1=O. The van der Waals surface area contributed by atoms with Crippen molar-refractivity contribution in [1.29, 1.82) is 0 Å². The van der Waals surface area contributed by atoms with Crippen LogP contribution >= 0.6 is 0 Å². The molecule has 1 aromatic carbocycles. The quantitative estimate of drug-likeness (QED) is 0.850. The largest absolute Gasteiger partial charge is 0.341 e. The Morgan fingerprint density at radius 1 is 1.18 bits per heavy atom. The number of aromatic nitrogens is 1. The van der Waals surface area contributed by atoms with E-state index < -0.39 is 0 Å². The van der Waals surface area contributed by atoms with Gasteiger partial charge in [0.1, 0.15) is 5.69 Å². The number of hydrogen-bond acceptors (Lipinski definition) is 2. The summed E-state index contributed by atoms with van der Waals surface area (Å²) in [4.78, 5) is 28.4. The molecule has 2 aromatic rings. The second-order valence-electron chi connectivity index (χ2n) is 5.66. The number of hydrogen-bond donors (Lipinski definition) is 0. The highest BCUT2D eigenvalue weighted by Crippen LogP contribution is 2.20. The fourth-order valence-electron chi connectivity index (χ4n) is 3.06. The summed E-state index contributed by atoms with van der Waals surface area (Å²) in [6.07, 6.45) is 0.406. The number of carbonyl (C=O) groups is 2. The number of aryl methyl sites for hydroxylation is 1. The lowest BCUT2D eigenvalue weighted by molar-refractivity contribution is -0.130. The molecule has 1 saturated heterocycles. The van der Waals surface area contributed by atoms with Crippen LogP contribution in [-0.4, -0.2) is 52.4 Å². The first-order chi connectivity index (χ1) is 10.6. The number of para-hydroxylation sites is 1. The molecule has 0 saturated carbocycles. The molecule has 3 rings (SSSR count). The lowest BCUT2D eigenvalue weighted by atomic mass is 10.2. The van der Waals surface area contributed by atoms with E-state index in [4.69, 9.17) is 0 Å². The van der Waals surface area contributed by atoms with E-state index in [9.17, 15) is 9.59 Å². The lowest BCUT2D eigenvalue weighted by Gasteiger charge is -2.21. The van der Waals surface area contributed by atoms with Crippen molar-refractivity contribution < 1.29 is 9.59 Å². The summed E-state index contributed by atoms with van der Waals surface area (Å²) >= 11 is 0. The van der Waals surface area contributed by atoms with Crippen LogP contribution in [0, 0.1) is 0 Å². The van der Waals surface area contributed by atoms with E-state index in [0.717, 1.165) is 10.9 Å². The second-order valence-corrected chi connectivity index (χ2v) is 5.66. The zero-order valence-corrected chi connectivity index (χ0v) is 13.1. The van der Waals surface area contributed by atoms with E-state index in [1.807, 2.05) is 53.8 Å². The van der Waals surface area contributed by atoms with Gasteiger partial charge in [-0.15, -0.1) is 0 Å². The van der Waals surface area contributed by atoms with E-state index >= 15 is 0 Å². The van der Waals surface area contributed by atoms with Gasteiger partial charge in [0.15, 0.2) is 0 Å². The number of benzene rings is 1. The highest BCUT2D eigenvalue weighted by Gasteiger charge is 2.25. The van der Waals surface area contributed by atoms with Gasteiger partial charge in [0, 0.05) is 50.6 Å². The number of fused-ring (bicyclic) bond motifs is 1. The maximum atomic E-state index is 12.8. The zero-order chi connectivity index (χ0) is 15.7. The van der Waals surface area contributed by atoms with Crippen LogP contribution in [0.3, 0.4) is 0 Å². The molecule has 0 radical (unpaired) electrons. The second kappa shape index (κ2) is 5.83. The van der Waals surface area contributed by atoms with Gasteiger partial charge in [0.05, 0.1) is 0 Å². The van der Waals surface area contributed by atoms with Gasteiger partial charge in [0.2, 0.25) is 5.91 Å². The summed E-state index contributed by atoms with van der Waals surface area (Å²) in [5.41, 5.74) is 1.73. The maximum absolute atomic E-state index is 12.8. The number of likely N-dealkylation sites (N-methyl/N-ethyl adjacent to an activating group) is 1. The van der Waals surface area contributed by atoms with Gasteiger partial charge in [-0.25, -0.2) is 0 Å². The summed E-state index contributed by atoms with van der Waals surface area (Å²) in [6, 6.07) is 9.90. The Morgan fingerprint density at radius 3 is 2.68 bits per heavy atom. The Hall–Kier alpha value is -2.30. The van der Waals surface area contributed by atoms with Gasteiger partial charge in [-0.1, -0.05) is 18.2 Å². The number of nitrogens with zero attached hydrogens (tertiary/aromatic N) is 3. The molecule has 2 amide bonds. The Labute approximate surface area is 130 Å². The summed E-state index contributed by atoms with van der Waals surface area (Å²) in [5.74, 6) is 0.138. The fraction of sp³-hybridized carbons (Fsp3) is 0.412. The molecule has 1 aliphatic heterocycles. The minimum Gasteiger partial charge on any atom is -0.341 e. The van der Waals surface area contributed by atoms with Gasteiger partial charge < -0.3 is 14.4 Å². The Kier molecular flexibility index (Phi) is 3.88. The Balaban J connectivity index is 1.86. The molecule has 0 N–H and O–H groups in total. The van der Waals surface area contributed by atoms with Crippen LogP contribution in [0.2, 0.25) is 0 Å². The van der Waals surface area contributed by atoms with Crippen LogP contribution in [0.15, 0.2) is 30.3 Å². The molecule has 5 nitrogen and oxygen atoms in total. The minimum absolute atomic E-state index is 0.00412. The normalized spacial score (nSPS) is 16.2. The molecular formula is C17H21N3O2. The fourth-order valence-corrected chi connectivity index (χ4v) is 3.06. The van der Waals surface area contributed by atoms with Crippen LogP contribution in [0.1, 0.15) is 23.8 Å². The van der Waals surface area contributed by atoms with E-state index in [1.165, 1.54) is 0 Å². The average Bonchev–Trinajstić information content (AvgIpc) is 2.75. The maximum Gasteiger partial charge on any atom is 0.270 e. The minimum atomic E-state index is 0.00412. The van der Waals surface area contributed by atoms with Gasteiger partial charge >= 0.3 is 0 Å². The molecule has 1 aliphatic rings. The molecule has 0 aliphatic carbocycles. The Morgan fingerprint density at radius 2 is 1.95 bits per heavy atom. The third-order valence-corrected chi connectivity index (χ3v) is 4.43. The molecule has 5 heteroatoms. The monoisotopic (exact) mass is 299 g/mol. The molecule has 1 aromatic heterocycles. The number of rotatable bonds is 2. The van der Waals surface area contributed by atoms with Crippen LogP contribution in [0.25, 0.3) is 10.9 Å². The van der Waals surface area contributed by atoms with Gasteiger partial charge in [-0.2, -0.15) is 0 Å². The van der Waals surface area contributed by atoms with E-state index in [0.29, 0.717) is 38.3 Å². The molecule has 2 heterocycles. The van der Waals surface area contributed by atoms with Gasteiger partial charge in [-0.05, 0) is 19.1 Å². The molecule has 0 spiro atoms. The van der Waals surface area contributed by atoms with Crippen molar-refractivity contribution >= 4 is 22.7 Å². The molecule has 22 heavy (non-hydrogen) atoms. The third-order valence-electron chi connectivity index (χ3n) is 4.43. The van der Waals surface area contributed by atoms with Crippen LogP contribution in [0.5, 0.6) is 0 Å². The van der Waals surface area contributed by atoms with Crippen LogP contribution in [0.4, 0.5) is 0 Å². The lowest BCUT2D eigenvalue weighted by Crippen LogP contribution is -2.36. The van der Waals surface area contributed by atoms with Crippen molar-refractivity contribution in [3.63, 3.8) is 0 Å². The third kappa shape index (κ3) is 2.47.